The second-order valence-corrected chi connectivity index (χ2v) is 11.0. The van der Waals surface area contributed by atoms with E-state index in [2.05, 4.69) is 10.3 Å². The molecule has 0 radical (unpaired) electrons. The number of anilines is 1. The third-order valence-electron chi connectivity index (χ3n) is 5.66. The summed E-state index contributed by atoms with van der Waals surface area (Å²) in [6.07, 6.45) is 1.19. The van der Waals surface area contributed by atoms with Crippen molar-refractivity contribution in [3.8, 4) is 0 Å². The van der Waals surface area contributed by atoms with Crippen LogP contribution in [-0.4, -0.2) is 43.2 Å². The maximum Gasteiger partial charge on any atom is 0.253 e. The Balaban J connectivity index is 1.32. The monoisotopic (exact) mass is 483 g/mol. The molecule has 0 unspecified atom stereocenters. The fraction of sp³-hybridized carbons (Fsp3) is 0.292. The van der Waals surface area contributed by atoms with Crippen LogP contribution in [0.2, 0.25) is 0 Å². The second-order valence-electron chi connectivity index (χ2n) is 8.12. The van der Waals surface area contributed by atoms with E-state index in [0.29, 0.717) is 42.2 Å². The van der Waals surface area contributed by atoms with Gasteiger partial charge in [0.1, 0.15) is 0 Å². The predicted molar refractivity (Wildman–Crippen MR) is 128 cm³/mol. The lowest BCUT2D eigenvalue weighted by Crippen LogP contribution is -2.41. The molecule has 0 spiro atoms. The molecule has 7 nitrogen and oxygen atoms in total. The Morgan fingerprint density at radius 3 is 2.33 bits per heavy atom. The average molecular weight is 484 g/mol. The highest BCUT2D eigenvalue weighted by molar-refractivity contribution is 7.90. The Morgan fingerprint density at radius 1 is 1.06 bits per heavy atom. The van der Waals surface area contributed by atoms with Crippen molar-refractivity contribution in [1.82, 2.24) is 9.88 Å². The molecule has 9 heteroatoms. The smallest absolute Gasteiger partial charge is 0.253 e. The van der Waals surface area contributed by atoms with Crippen LogP contribution in [0.25, 0.3) is 0 Å². The van der Waals surface area contributed by atoms with Gasteiger partial charge in [0.05, 0.1) is 16.3 Å². The Hall–Kier alpha value is -3.04. The van der Waals surface area contributed by atoms with Gasteiger partial charge in [0.15, 0.2) is 15.0 Å². The third kappa shape index (κ3) is 5.66. The largest absolute Gasteiger partial charge is 0.339 e. The van der Waals surface area contributed by atoms with Crippen LogP contribution in [0.5, 0.6) is 0 Å². The molecule has 4 rings (SSSR count). The van der Waals surface area contributed by atoms with Crippen LogP contribution in [0.15, 0.2) is 64.9 Å². The first-order valence-corrected chi connectivity index (χ1v) is 13.2. The van der Waals surface area contributed by atoms with E-state index in [1.807, 2.05) is 12.3 Å². The van der Waals surface area contributed by atoms with Crippen LogP contribution in [0.4, 0.5) is 5.13 Å². The van der Waals surface area contributed by atoms with Crippen LogP contribution < -0.4 is 5.32 Å². The number of hydrogen-bond donors (Lipinski definition) is 1. The molecule has 0 atom stereocenters. The van der Waals surface area contributed by atoms with Crippen molar-refractivity contribution < 1.29 is 18.0 Å². The van der Waals surface area contributed by atoms with E-state index < -0.39 is 9.84 Å². The highest BCUT2D eigenvalue weighted by Gasteiger charge is 2.28. The van der Waals surface area contributed by atoms with Crippen molar-refractivity contribution >= 4 is 38.1 Å². The number of aryl methyl sites for hydroxylation is 1. The van der Waals surface area contributed by atoms with E-state index in [4.69, 9.17) is 0 Å². The first kappa shape index (κ1) is 23.1. The molecule has 1 saturated heterocycles. The number of amides is 2. The molecule has 0 aliphatic carbocycles. The van der Waals surface area contributed by atoms with E-state index in [9.17, 15) is 18.0 Å². The van der Waals surface area contributed by atoms with Crippen LogP contribution in [0.1, 0.15) is 34.5 Å². The summed E-state index contributed by atoms with van der Waals surface area (Å²) in [6, 6.07) is 15.0. The summed E-state index contributed by atoms with van der Waals surface area (Å²) in [6.45, 7) is 2.88. The van der Waals surface area contributed by atoms with Gasteiger partial charge >= 0.3 is 0 Å². The van der Waals surface area contributed by atoms with Crippen LogP contribution >= 0.6 is 11.3 Å². The molecule has 1 fully saturated rings. The molecule has 2 aromatic carbocycles. The molecule has 1 aromatic heterocycles. The van der Waals surface area contributed by atoms with E-state index in [1.54, 1.807) is 59.5 Å². The fourth-order valence-electron chi connectivity index (χ4n) is 3.82. The zero-order valence-electron chi connectivity index (χ0n) is 18.2. The van der Waals surface area contributed by atoms with Crippen molar-refractivity contribution in [2.45, 2.75) is 30.4 Å². The second kappa shape index (κ2) is 9.84. The summed E-state index contributed by atoms with van der Waals surface area (Å²) < 4.78 is 25.1. The summed E-state index contributed by atoms with van der Waals surface area (Å²) in [5.74, 6) is -0.434. The number of carbonyl (C=O) groups excluding carboxylic acids is 2. The Labute approximate surface area is 197 Å². The lowest BCUT2D eigenvalue weighted by atomic mass is 9.95. The Kier molecular flexibility index (Phi) is 6.90. The lowest BCUT2D eigenvalue weighted by Gasteiger charge is -2.31. The average Bonchev–Trinajstić information content (AvgIpc) is 3.24. The topological polar surface area (TPSA) is 96.4 Å². The first-order valence-electron chi connectivity index (χ1n) is 10.7. The van der Waals surface area contributed by atoms with Gasteiger partial charge in [-0.2, -0.15) is 0 Å². The van der Waals surface area contributed by atoms with Crippen molar-refractivity contribution in [3.63, 3.8) is 0 Å². The zero-order valence-corrected chi connectivity index (χ0v) is 19.9. The summed E-state index contributed by atoms with van der Waals surface area (Å²) in [5.41, 5.74) is 2.01. The number of rotatable bonds is 6. The number of nitrogens with zero attached hydrogens (tertiary/aromatic N) is 2. The molecule has 2 amide bonds. The number of likely N-dealkylation sites (tertiary alicyclic amines) is 1. The van der Waals surface area contributed by atoms with Gasteiger partial charge in [-0.3, -0.25) is 9.59 Å². The minimum Gasteiger partial charge on any atom is -0.339 e. The van der Waals surface area contributed by atoms with Crippen molar-refractivity contribution in [1.29, 1.82) is 0 Å². The Bertz CT molecular complexity index is 1230. The van der Waals surface area contributed by atoms with Gasteiger partial charge in [-0.1, -0.05) is 30.3 Å². The molecule has 1 aliphatic rings. The molecule has 1 N–H and O–H groups in total. The number of aromatic nitrogens is 1. The van der Waals surface area contributed by atoms with Crippen LogP contribution in [0, 0.1) is 12.8 Å². The molecule has 172 valence electrons. The number of carbonyl (C=O) groups is 2. The summed E-state index contributed by atoms with van der Waals surface area (Å²) >= 11 is 1.40. The third-order valence-corrected chi connectivity index (χ3v) is 8.24. The first-order chi connectivity index (χ1) is 15.8. The number of hydrogen-bond acceptors (Lipinski definition) is 6. The van der Waals surface area contributed by atoms with Crippen molar-refractivity contribution in [2.75, 3.05) is 18.4 Å². The highest BCUT2D eigenvalue weighted by Crippen LogP contribution is 2.23. The Morgan fingerprint density at radius 2 is 1.73 bits per heavy atom. The van der Waals surface area contributed by atoms with Gasteiger partial charge in [-0.25, -0.2) is 13.4 Å². The van der Waals surface area contributed by atoms with Gasteiger partial charge < -0.3 is 10.2 Å². The highest BCUT2D eigenvalue weighted by atomic mass is 32.2. The zero-order chi connectivity index (χ0) is 23.4. The molecule has 0 saturated carbocycles. The lowest BCUT2D eigenvalue weighted by molar-refractivity contribution is -0.121. The fourth-order valence-corrected chi connectivity index (χ4v) is 5.88. The molecule has 33 heavy (non-hydrogen) atoms. The van der Waals surface area contributed by atoms with Crippen LogP contribution in [-0.2, 0) is 20.4 Å². The minimum atomic E-state index is -3.44. The molecular weight excluding hydrogens is 458 g/mol. The van der Waals surface area contributed by atoms with Gasteiger partial charge in [-0.15, -0.1) is 11.3 Å². The van der Waals surface area contributed by atoms with Gasteiger partial charge in [-0.05, 0) is 49.6 Å². The number of benzene rings is 2. The molecular formula is C24H25N3O4S2. The van der Waals surface area contributed by atoms with E-state index >= 15 is 0 Å². The van der Waals surface area contributed by atoms with Crippen molar-refractivity contribution in [2.24, 2.45) is 5.92 Å². The van der Waals surface area contributed by atoms with E-state index in [-0.39, 0.29) is 28.4 Å². The minimum absolute atomic E-state index is 0.0552. The van der Waals surface area contributed by atoms with Crippen molar-refractivity contribution in [3.05, 3.63) is 76.8 Å². The molecule has 2 heterocycles. The van der Waals surface area contributed by atoms with Crippen LogP contribution in [0.3, 0.4) is 0 Å². The van der Waals surface area contributed by atoms with E-state index in [1.165, 1.54) is 11.3 Å². The molecule has 3 aromatic rings. The standard InChI is InChI=1S/C24H25N3O4S2/c1-17-15-32-24(25-17)26-22(28)19-11-13-27(14-12-19)23(29)20-9-7-18(8-10-20)16-33(30,31)21-5-3-2-4-6-21/h2-10,15,19H,11-14,16H2,1H3,(H,25,26,28). The molecule has 0 bridgehead atoms. The van der Waals surface area contributed by atoms with Gasteiger partial charge in [0.2, 0.25) is 5.91 Å². The number of nitrogens with one attached hydrogen (secondary N) is 1. The number of thiazole rings is 1. The summed E-state index contributed by atoms with van der Waals surface area (Å²) in [4.78, 5) is 31.6. The summed E-state index contributed by atoms with van der Waals surface area (Å²) in [7, 11) is -3.44. The summed E-state index contributed by atoms with van der Waals surface area (Å²) in [5, 5.41) is 5.35. The number of piperidine rings is 1. The maximum absolute atomic E-state index is 12.9. The van der Waals surface area contributed by atoms with Gasteiger partial charge in [0.25, 0.3) is 5.91 Å². The number of sulfone groups is 1. The SMILES string of the molecule is Cc1csc(NC(=O)C2CCN(C(=O)c3ccc(CS(=O)(=O)c4ccccc4)cc3)CC2)n1. The maximum atomic E-state index is 12.9. The molecule has 1 aliphatic heterocycles. The quantitative estimate of drug-likeness (QED) is 0.573. The normalized spacial score (nSPS) is 14.8. The van der Waals surface area contributed by atoms with E-state index in [0.717, 1.165) is 5.69 Å². The predicted octanol–water partition coefficient (Wildman–Crippen LogP) is 3.92. The van der Waals surface area contributed by atoms with Gasteiger partial charge in [0, 0.05) is 30.0 Å².